The molecule has 29 heavy (non-hydrogen) atoms. The summed E-state index contributed by atoms with van der Waals surface area (Å²) in [5.41, 5.74) is 0.145. The Kier molecular flexibility index (Phi) is 8.23. The van der Waals surface area contributed by atoms with E-state index in [0.717, 1.165) is 25.3 Å². The first-order valence-corrected chi connectivity index (χ1v) is 12.8. The van der Waals surface area contributed by atoms with Crippen molar-refractivity contribution in [3.05, 3.63) is 0 Å². The van der Waals surface area contributed by atoms with Gasteiger partial charge in [0.25, 0.3) is 0 Å². The molecule has 0 radical (unpaired) electrons. The minimum atomic E-state index is 0.145. The molecule has 0 amide bonds. The maximum absolute atomic E-state index is 13.2. The van der Waals surface area contributed by atoms with Crippen molar-refractivity contribution in [3.63, 3.8) is 0 Å². The van der Waals surface area contributed by atoms with E-state index in [-0.39, 0.29) is 11.3 Å². The number of ketones is 1. The van der Waals surface area contributed by atoms with Gasteiger partial charge in [0.1, 0.15) is 5.78 Å². The molecule has 7 unspecified atom stereocenters. The normalized spacial score (nSPS) is 39.1. The lowest BCUT2D eigenvalue weighted by molar-refractivity contribution is -0.135. The number of nitrogens with one attached hydrogen (secondary N) is 2. The van der Waals surface area contributed by atoms with Crippen molar-refractivity contribution >= 4 is 5.78 Å². The second-order valence-corrected chi connectivity index (χ2v) is 11.7. The second-order valence-electron chi connectivity index (χ2n) is 11.7. The van der Waals surface area contributed by atoms with E-state index in [1.54, 1.807) is 0 Å². The van der Waals surface area contributed by atoms with E-state index < -0.39 is 0 Å². The van der Waals surface area contributed by atoms with Crippen LogP contribution in [0.5, 0.6) is 0 Å². The maximum Gasteiger partial charge on any atom is 0.139 e. The summed E-state index contributed by atoms with van der Waals surface area (Å²) in [6.07, 6.45) is 14.0. The van der Waals surface area contributed by atoms with E-state index in [0.29, 0.717) is 35.7 Å². The standard InChI is InChI=1S/C26H48N2O/c1-6-7-8-9-10-11-12-13-27-25-20-15-18(2)14-19(3)24(20)28-21-16-26(4,5)17-22(29)23(21)25/h18-21,23-25,27-28H,6-17H2,1-5H3. The fraction of sp³-hybridized carbons (Fsp3) is 0.962. The molecule has 3 aliphatic rings. The van der Waals surface area contributed by atoms with Gasteiger partial charge in [-0.05, 0) is 55.4 Å². The molecule has 0 bridgehead atoms. The van der Waals surface area contributed by atoms with Crippen LogP contribution in [0.4, 0.5) is 0 Å². The second kappa shape index (κ2) is 10.3. The van der Waals surface area contributed by atoms with Crippen LogP contribution >= 0.6 is 0 Å². The Hall–Kier alpha value is -0.410. The Morgan fingerprint density at radius 1 is 1.03 bits per heavy atom. The van der Waals surface area contributed by atoms with Gasteiger partial charge in [0.2, 0.25) is 0 Å². The third-order valence-electron chi connectivity index (χ3n) is 8.17. The third-order valence-corrected chi connectivity index (χ3v) is 8.17. The molecule has 3 fully saturated rings. The number of carbonyl (C=O) groups excluding carboxylic acids is 1. The van der Waals surface area contributed by atoms with E-state index in [1.807, 2.05) is 0 Å². The Balaban J connectivity index is 1.62. The van der Waals surface area contributed by atoms with Gasteiger partial charge < -0.3 is 10.6 Å². The van der Waals surface area contributed by atoms with Crippen LogP contribution in [0.1, 0.15) is 105 Å². The zero-order valence-corrected chi connectivity index (χ0v) is 19.9. The molecular weight excluding hydrogens is 356 g/mol. The Morgan fingerprint density at radius 2 is 1.72 bits per heavy atom. The van der Waals surface area contributed by atoms with Gasteiger partial charge in [0.05, 0.1) is 0 Å². The SMILES string of the molecule is CCCCCCCCCNC1C2CC(C)CC(C)C2NC2CC(C)(C)CC(=O)C21. The first kappa shape index (κ1) is 23.3. The number of unbranched alkanes of at least 4 members (excludes halogenated alkanes) is 6. The van der Waals surface area contributed by atoms with Crippen molar-refractivity contribution in [2.75, 3.05) is 6.54 Å². The van der Waals surface area contributed by atoms with Crippen molar-refractivity contribution in [1.29, 1.82) is 0 Å². The number of rotatable bonds is 9. The lowest BCUT2D eigenvalue weighted by Gasteiger charge is -2.56. The van der Waals surface area contributed by atoms with Gasteiger partial charge >= 0.3 is 0 Å². The molecule has 1 saturated heterocycles. The fourth-order valence-corrected chi connectivity index (χ4v) is 6.93. The van der Waals surface area contributed by atoms with Crippen molar-refractivity contribution in [2.45, 2.75) is 123 Å². The molecule has 3 heteroatoms. The molecule has 7 atom stereocenters. The van der Waals surface area contributed by atoms with Crippen LogP contribution < -0.4 is 10.6 Å². The van der Waals surface area contributed by atoms with Crippen LogP contribution in [0.15, 0.2) is 0 Å². The summed E-state index contributed by atoms with van der Waals surface area (Å²) in [5, 5.41) is 7.97. The van der Waals surface area contributed by atoms with Gasteiger partial charge in [0, 0.05) is 30.5 Å². The summed E-state index contributed by atoms with van der Waals surface area (Å²) in [6, 6.07) is 1.34. The molecule has 2 aliphatic carbocycles. The van der Waals surface area contributed by atoms with Gasteiger partial charge in [-0.1, -0.05) is 73.1 Å². The van der Waals surface area contributed by atoms with Crippen LogP contribution in [0.2, 0.25) is 0 Å². The monoisotopic (exact) mass is 404 g/mol. The van der Waals surface area contributed by atoms with Crippen LogP contribution in [-0.2, 0) is 4.79 Å². The zero-order chi connectivity index (χ0) is 21.0. The summed E-state index contributed by atoms with van der Waals surface area (Å²) in [6.45, 7) is 12.8. The van der Waals surface area contributed by atoms with Crippen LogP contribution in [0, 0.1) is 29.1 Å². The molecule has 1 aliphatic heterocycles. The Morgan fingerprint density at radius 3 is 2.45 bits per heavy atom. The number of hydrogen-bond acceptors (Lipinski definition) is 3. The molecule has 0 aromatic rings. The maximum atomic E-state index is 13.2. The Bertz CT molecular complexity index is 531. The molecule has 3 nitrogen and oxygen atoms in total. The Labute approximate surface area is 180 Å². The van der Waals surface area contributed by atoms with Crippen molar-refractivity contribution in [3.8, 4) is 0 Å². The van der Waals surface area contributed by atoms with E-state index in [4.69, 9.17) is 0 Å². The average Bonchev–Trinajstić information content (AvgIpc) is 2.63. The third kappa shape index (κ3) is 5.85. The van der Waals surface area contributed by atoms with Gasteiger partial charge in [-0.2, -0.15) is 0 Å². The molecular formula is C26H48N2O. The van der Waals surface area contributed by atoms with Crippen LogP contribution in [0.3, 0.4) is 0 Å². The number of fused-ring (bicyclic) bond motifs is 2. The van der Waals surface area contributed by atoms with E-state index in [2.05, 4.69) is 45.3 Å². The quantitative estimate of drug-likeness (QED) is 0.483. The van der Waals surface area contributed by atoms with Crippen molar-refractivity contribution in [1.82, 2.24) is 10.6 Å². The summed E-state index contributed by atoms with van der Waals surface area (Å²) < 4.78 is 0. The lowest BCUT2D eigenvalue weighted by atomic mass is 9.58. The highest BCUT2D eigenvalue weighted by Gasteiger charge is 2.53. The predicted molar refractivity (Wildman–Crippen MR) is 123 cm³/mol. The van der Waals surface area contributed by atoms with Gasteiger partial charge in [-0.25, -0.2) is 0 Å². The summed E-state index contributed by atoms with van der Waals surface area (Å²) in [5.74, 6) is 2.81. The number of Topliss-reactive ketones (excluding diaryl/α,β-unsaturated/α-hetero) is 1. The summed E-state index contributed by atoms with van der Waals surface area (Å²) >= 11 is 0. The van der Waals surface area contributed by atoms with Crippen LogP contribution in [-0.4, -0.2) is 30.5 Å². The van der Waals surface area contributed by atoms with Crippen molar-refractivity contribution < 1.29 is 4.79 Å². The number of carbonyl (C=O) groups is 1. The summed E-state index contributed by atoms with van der Waals surface area (Å²) in [4.78, 5) is 13.2. The van der Waals surface area contributed by atoms with Gasteiger partial charge in [-0.15, -0.1) is 0 Å². The smallest absolute Gasteiger partial charge is 0.139 e. The first-order chi connectivity index (χ1) is 13.8. The minimum absolute atomic E-state index is 0.145. The van der Waals surface area contributed by atoms with Gasteiger partial charge in [0.15, 0.2) is 0 Å². The molecule has 3 rings (SSSR count). The van der Waals surface area contributed by atoms with E-state index in [9.17, 15) is 4.79 Å². The highest BCUT2D eigenvalue weighted by Crippen LogP contribution is 2.46. The lowest BCUT2D eigenvalue weighted by Crippen LogP contribution is -2.69. The predicted octanol–water partition coefficient (Wildman–Crippen LogP) is 5.72. The summed E-state index contributed by atoms with van der Waals surface area (Å²) in [7, 11) is 0. The molecule has 0 spiro atoms. The molecule has 0 aromatic heterocycles. The number of piperidine rings is 1. The molecule has 0 aromatic carbocycles. The highest BCUT2D eigenvalue weighted by atomic mass is 16.1. The largest absolute Gasteiger partial charge is 0.313 e. The van der Waals surface area contributed by atoms with E-state index >= 15 is 0 Å². The average molecular weight is 405 g/mol. The van der Waals surface area contributed by atoms with Gasteiger partial charge in [-0.3, -0.25) is 4.79 Å². The van der Waals surface area contributed by atoms with Crippen molar-refractivity contribution in [2.24, 2.45) is 29.1 Å². The fourth-order valence-electron chi connectivity index (χ4n) is 6.93. The molecule has 2 saturated carbocycles. The first-order valence-electron chi connectivity index (χ1n) is 12.8. The molecule has 1 heterocycles. The van der Waals surface area contributed by atoms with Crippen LogP contribution in [0.25, 0.3) is 0 Å². The minimum Gasteiger partial charge on any atom is -0.313 e. The van der Waals surface area contributed by atoms with E-state index in [1.165, 1.54) is 57.8 Å². The number of hydrogen-bond donors (Lipinski definition) is 2. The zero-order valence-electron chi connectivity index (χ0n) is 19.9. The molecule has 168 valence electrons. The highest BCUT2D eigenvalue weighted by molar-refractivity contribution is 5.84. The topological polar surface area (TPSA) is 41.1 Å². The molecule has 2 N–H and O–H groups in total.